The van der Waals surface area contributed by atoms with E-state index < -0.39 is 91.9 Å². The summed E-state index contributed by atoms with van der Waals surface area (Å²) in [5, 5.41) is 11.4. The molecule has 2 heterocycles. The van der Waals surface area contributed by atoms with Crippen LogP contribution in [0.15, 0.2) is 91.0 Å². The van der Waals surface area contributed by atoms with Crippen molar-refractivity contribution < 1.29 is 71.7 Å². The molecular weight excluding hydrogens is 732 g/mol. The number of carbonyl (C=O) groups is 4. The lowest BCUT2D eigenvalue weighted by Crippen LogP contribution is -2.49. The van der Waals surface area contributed by atoms with Gasteiger partial charge in [0.05, 0.1) is 26.4 Å². The normalized spacial score (nSPS) is 25.5. The van der Waals surface area contributed by atoms with E-state index in [0.717, 1.165) is 37.5 Å². The fourth-order valence-electron chi connectivity index (χ4n) is 6.42. The highest BCUT2D eigenvalue weighted by molar-refractivity contribution is 5.68. The molecule has 0 amide bonds. The second kappa shape index (κ2) is 21.0. The first-order valence-electron chi connectivity index (χ1n) is 18.2. The van der Waals surface area contributed by atoms with Crippen LogP contribution in [-0.4, -0.2) is 104 Å². The molecule has 0 aromatic heterocycles. The van der Waals surface area contributed by atoms with Gasteiger partial charge in [0.2, 0.25) is 0 Å². The molecule has 2 fully saturated rings. The maximum Gasteiger partial charge on any atom is 0.303 e. The molecule has 302 valence electrons. The molecule has 5 rings (SSSR count). The number of ether oxygens (including phenoxy) is 10. The van der Waals surface area contributed by atoms with Crippen molar-refractivity contribution in [3.63, 3.8) is 0 Å². The number of aliphatic hydroxyl groups is 1. The number of carbonyl (C=O) groups excluding carboxylic acids is 4. The Balaban J connectivity index is 1.48. The topological polar surface area (TPSA) is 181 Å². The highest BCUT2D eigenvalue weighted by Crippen LogP contribution is 2.36. The standard InChI is InChI=1S/C41H48O15/c1-25(42)48-24-33(51-26(2)43)35-37(52-27(3)44)39(53-28(4)45)41(56-35)54-32(23-47-20-29-14-8-5-9-15-29)34-36(49-21-30-16-10-6-11-17-30)38(40(46)55-34)50-22-31-18-12-7-13-19-31/h5-19,32-41,46H,20-24H2,1-4H3/t32-,33-,34+,35+,36+,37+,38-,39-,40-,41-/m1/s1. The van der Waals surface area contributed by atoms with Gasteiger partial charge >= 0.3 is 23.9 Å². The highest BCUT2D eigenvalue weighted by atomic mass is 16.8. The molecule has 0 radical (unpaired) electrons. The number of hydrogen-bond acceptors (Lipinski definition) is 15. The Morgan fingerprint density at radius 1 is 0.571 bits per heavy atom. The van der Waals surface area contributed by atoms with Gasteiger partial charge in [-0.25, -0.2) is 0 Å². The summed E-state index contributed by atoms with van der Waals surface area (Å²) in [6, 6.07) is 28.2. The summed E-state index contributed by atoms with van der Waals surface area (Å²) in [6.07, 6.45) is -12.6. The zero-order valence-electron chi connectivity index (χ0n) is 31.6. The lowest BCUT2D eigenvalue weighted by atomic mass is 10.0. The summed E-state index contributed by atoms with van der Waals surface area (Å²) >= 11 is 0. The number of rotatable bonds is 19. The minimum absolute atomic E-state index is 0.119. The van der Waals surface area contributed by atoms with Crippen LogP contribution in [0.25, 0.3) is 0 Å². The van der Waals surface area contributed by atoms with E-state index in [4.69, 9.17) is 47.4 Å². The number of hydrogen-bond donors (Lipinski definition) is 1. The third-order valence-electron chi connectivity index (χ3n) is 8.81. The summed E-state index contributed by atoms with van der Waals surface area (Å²) in [5.41, 5.74) is 2.56. The van der Waals surface area contributed by atoms with Gasteiger partial charge in [0.15, 0.2) is 30.9 Å². The second-order valence-corrected chi connectivity index (χ2v) is 13.3. The van der Waals surface area contributed by atoms with Crippen LogP contribution in [0.2, 0.25) is 0 Å². The van der Waals surface area contributed by atoms with Gasteiger partial charge in [0.1, 0.15) is 37.1 Å². The Labute approximate surface area is 325 Å². The maximum absolute atomic E-state index is 12.5. The Bertz CT molecular complexity index is 1690. The minimum atomic E-state index is -1.51. The van der Waals surface area contributed by atoms with E-state index in [-0.39, 0.29) is 26.4 Å². The van der Waals surface area contributed by atoms with E-state index in [0.29, 0.717) is 0 Å². The van der Waals surface area contributed by atoms with Crippen molar-refractivity contribution in [3.8, 4) is 0 Å². The molecule has 1 N–H and O–H groups in total. The molecular formula is C41H48O15. The van der Waals surface area contributed by atoms with E-state index in [9.17, 15) is 24.3 Å². The average molecular weight is 781 g/mol. The van der Waals surface area contributed by atoms with Gasteiger partial charge in [-0.3, -0.25) is 19.2 Å². The molecule has 2 aliphatic rings. The van der Waals surface area contributed by atoms with Crippen LogP contribution < -0.4 is 0 Å². The van der Waals surface area contributed by atoms with Crippen LogP contribution in [0.5, 0.6) is 0 Å². The first kappa shape index (κ1) is 42.4. The molecule has 0 spiro atoms. The van der Waals surface area contributed by atoms with Crippen LogP contribution in [0.3, 0.4) is 0 Å². The lowest BCUT2D eigenvalue weighted by Gasteiger charge is -2.32. The minimum Gasteiger partial charge on any atom is -0.462 e. The summed E-state index contributed by atoms with van der Waals surface area (Å²) < 4.78 is 59.7. The molecule has 3 aromatic carbocycles. The van der Waals surface area contributed by atoms with E-state index in [1.807, 2.05) is 91.0 Å². The van der Waals surface area contributed by atoms with E-state index in [1.54, 1.807) is 0 Å². The van der Waals surface area contributed by atoms with E-state index >= 15 is 0 Å². The van der Waals surface area contributed by atoms with Gasteiger partial charge in [-0.2, -0.15) is 0 Å². The molecule has 15 nitrogen and oxygen atoms in total. The summed E-state index contributed by atoms with van der Waals surface area (Å²) in [5.74, 6) is -2.96. The largest absolute Gasteiger partial charge is 0.462 e. The summed E-state index contributed by atoms with van der Waals surface area (Å²) in [4.78, 5) is 48.9. The molecule has 3 aromatic rings. The second-order valence-electron chi connectivity index (χ2n) is 13.3. The average Bonchev–Trinajstić information content (AvgIpc) is 3.66. The smallest absolute Gasteiger partial charge is 0.303 e. The highest BCUT2D eigenvalue weighted by Gasteiger charge is 2.57. The van der Waals surface area contributed by atoms with Crippen molar-refractivity contribution in [3.05, 3.63) is 108 Å². The van der Waals surface area contributed by atoms with Crippen molar-refractivity contribution in [1.82, 2.24) is 0 Å². The van der Waals surface area contributed by atoms with Crippen LogP contribution in [0, 0.1) is 0 Å². The quantitative estimate of drug-likeness (QED) is 0.138. The first-order chi connectivity index (χ1) is 27.0. The summed E-state index contributed by atoms with van der Waals surface area (Å²) in [6.45, 7) is 4.36. The Hall–Kier alpha value is -4.74. The predicted molar refractivity (Wildman–Crippen MR) is 194 cm³/mol. The molecule has 0 aliphatic carbocycles. The van der Waals surface area contributed by atoms with Crippen molar-refractivity contribution in [2.45, 2.75) is 109 Å². The fraction of sp³-hybridized carbons (Fsp3) is 0.463. The zero-order valence-corrected chi connectivity index (χ0v) is 31.6. The van der Waals surface area contributed by atoms with Crippen LogP contribution >= 0.6 is 0 Å². The third-order valence-corrected chi connectivity index (χ3v) is 8.81. The van der Waals surface area contributed by atoms with Crippen LogP contribution in [0.4, 0.5) is 0 Å². The Morgan fingerprint density at radius 2 is 1.07 bits per heavy atom. The molecule has 15 heteroatoms. The molecule has 0 unspecified atom stereocenters. The Morgan fingerprint density at radius 3 is 1.59 bits per heavy atom. The molecule has 2 saturated heterocycles. The van der Waals surface area contributed by atoms with Crippen LogP contribution in [-0.2, 0) is 86.4 Å². The van der Waals surface area contributed by atoms with Crippen molar-refractivity contribution in [2.75, 3.05) is 13.2 Å². The molecule has 0 saturated carbocycles. The number of esters is 4. The van der Waals surface area contributed by atoms with Crippen molar-refractivity contribution in [1.29, 1.82) is 0 Å². The Kier molecular flexibility index (Phi) is 15.9. The van der Waals surface area contributed by atoms with E-state index in [2.05, 4.69) is 0 Å². The van der Waals surface area contributed by atoms with Crippen LogP contribution in [0.1, 0.15) is 44.4 Å². The zero-order chi connectivity index (χ0) is 40.0. The van der Waals surface area contributed by atoms with Gasteiger partial charge < -0.3 is 52.5 Å². The molecule has 56 heavy (non-hydrogen) atoms. The van der Waals surface area contributed by atoms with E-state index in [1.165, 1.54) is 6.92 Å². The van der Waals surface area contributed by atoms with Gasteiger partial charge in [0.25, 0.3) is 0 Å². The molecule has 0 bridgehead atoms. The van der Waals surface area contributed by atoms with Gasteiger partial charge in [0, 0.05) is 27.7 Å². The lowest BCUT2D eigenvalue weighted by molar-refractivity contribution is -0.248. The number of aliphatic hydroxyl groups excluding tert-OH is 1. The fourth-order valence-corrected chi connectivity index (χ4v) is 6.42. The molecule has 10 atom stereocenters. The third kappa shape index (κ3) is 12.4. The predicted octanol–water partition coefficient (Wildman–Crippen LogP) is 3.56. The van der Waals surface area contributed by atoms with Crippen molar-refractivity contribution >= 4 is 23.9 Å². The monoisotopic (exact) mass is 780 g/mol. The summed E-state index contributed by atoms with van der Waals surface area (Å²) in [7, 11) is 0. The molecule has 2 aliphatic heterocycles. The number of benzene rings is 3. The van der Waals surface area contributed by atoms with Gasteiger partial charge in [-0.1, -0.05) is 91.0 Å². The van der Waals surface area contributed by atoms with Crippen molar-refractivity contribution in [2.24, 2.45) is 0 Å². The van der Waals surface area contributed by atoms with Gasteiger partial charge in [-0.05, 0) is 16.7 Å². The first-order valence-corrected chi connectivity index (χ1v) is 18.2. The SMILES string of the molecule is CC(=O)OC[C@@H](OC(C)=O)[C@@H]1O[C@@H](O[C@H](COCc2ccccc2)[C@@H]2O[C@@H](O)[C@H](OCc3ccccc3)[C@H]2OCc2ccccc2)[C@H](OC(C)=O)[C@H]1OC(C)=O. The van der Waals surface area contributed by atoms with Gasteiger partial charge in [-0.15, -0.1) is 0 Å². The maximum atomic E-state index is 12.5.